The van der Waals surface area contributed by atoms with Gasteiger partial charge in [-0.1, -0.05) is 0 Å². The van der Waals surface area contributed by atoms with Crippen molar-refractivity contribution in [1.82, 2.24) is 15.2 Å². The number of hydrogen-bond donors (Lipinski definition) is 1. The van der Waals surface area contributed by atoms with Gasteiger partial charge in [0.15, 0.2) is 5.82 Å². The minimum atomic E-state index is -2.84. The molecule has 98 valence electrons. The highest BCUT2D eigenvalue weighted by Gasteiger charge is 2.43. The Balaban J connectivity index is 1.81. The van der Waals surface area contributed by atoms with Gasteiger partial charge in [0, 0.05) is 5.92 Å². The Kier molecular flexibility index (Phi) is 2.63. The van der Waals surface area contributed by atoms with E-state index in [0.717, 1.165) is 18.5 Å². The molecule has 0 amide bonds. The van der Waals surface area contributed by atoms with Gasteiger partial charge in [-0.3, -0.25) is 0 Å². The van der Waals surface area contributed by atoms with E-state index in [1.807, 2.05) is 0 Å². The molecule has 1 aromatic heterocycles. The van der Waals surface area contributed by atoms with Crippen molar-refractivity contribution in [3.8, 4) is 0 Å². The lowest BCUT2D eigenvalue weighted by Crippen LogP contribution is -2.26. The minimum absolute atomic E-state index is 0.171. The summed E-state index contributed by atoms with van der Waals surface area (Å²) < 4.78 is 22.8. The van der Waals surface area contributed by atoms with Gasteiger partial charge in [0.25, 0.3) is 0 Å². The van der Waals surface area contributed by atoms with Gasteiger partial charge in [-0.2, -0.15) is 5.10 Å². The Labute approximate surface area is 106 Å². The number of nitrogens with zero attached hydrogens (tertiary/aromatic N) is 3. The van der Waals surface area contributed by atoms with Gasteiger partial charge in [0.05, 0.1) is 28.9 Å². The van der Waals surface area contributed by atoms with Gasteiger partial charge in [0.1, 0.15) is 9.84 Å². The average Bonchev–Trinajstić information content (AvgIpc) is 3.09. The SMILES string of the molecule is NC1(c2nncc(C3CCS(=O)(=O)CC3)n2)CC1. The molecule has 0 aromatic carbocycles. The van der Waals surface area contributed by atoms with E-state index in [1.165, 1.54) is 0 Å². The van der Waals surface area contributed by atoms with Crippen molar-refractivity contribution in [3.63, 3.8) is 0 Å². The van der Waals surface area contributed by atoms with Crippen LogP contribution in [0.1, 0.15) is 43.1 Å². The van der Waals surface area contributed by atoms with E-state index in [4.69, 9.17) is 5.73 Å². The third kappa shape index (κ3) is 2.24. The van der Waals surface area contributed by atoms with Crippen LogP contribution < -0.4 is 5.73 Å². The van der Waals surface area contributed by atoms with E-state index in [-0.39, 0.29) is 23.0 Å². The van der Waals surface area contributed by atoms with Crippen molar-refractivity contribution >= 4 is 9.84 Å². The molecule has 1 aliphatic carbocycles. The fourth-order valence-electron chi connectivity index (χ4n) is 2.27. The standard InChI is InChI=1S/C11H16N4O2S/c12-11(3-4-11)10-14-9(7-13-15-10)8-1-5-18(16,17)6-2-8/h7-8H,1-6,12H2. The molecule has 7 heteroatoms. The highest BCUT2D eigenvalue weighted by atomic mass is 32.2. The van der Waals surface area contributed by atoms with Crippen LogP contribution in [0.5, 0.6) is 0 Å². The molecule has 1 aromatic rings. The number of aromatic nitrogens is 3. The molecule has 2 heterocycles. The van der Waals surface area contributed by atoms with Crippen molar-refractivity contribution in [3.05, 3.63) is 17.7 Å². The predicted molar refractivity (Wildman–Crippen MR) is 65.6 cm³/mol. The molecule has 1 saturated heterocycles. The summed E-state index contributed by atoms with van der Waals surface area (Å²) in [4.78, 5) is 4.48. The highest BCUT2D eigenvalue weighted by Crippen LogP contribution is 2.40. The molecular weight excluding hydrogens is 252 g/mol. The molecule has 18 heavy (non-hydrogen) atoms. The molecule has 2 N–H and O–H groups in total. The lowest BCUT2D eigenvalue weighted by molar-refractivity contribution is 0.534. The first kappa shape index (κ1) is 12.0. The second-order valence-electron chi connectivity index (χ2n) is 5.29. The van der Waals surface area contributed by atoms with Crippen LogP contribution in [0.25, 0.3) is 0 Å². The summed E-state index contributed by atoms with van der Waals surface area (Å²) in [7, 11) is -2.84. The molecule has 0 atom stereocenters. The second-order valence-corrected chi connectivity index (χ2v) is 7.59. The molecule has 0 spiro atoms. The first-order valence-corrected chi connectivity index (χ1v) is 8.00. The normalized spacial score (nSPS) is 25.8. The summed E-state index contributed by atoms with van der Waals surface area (Å²) in [6.07, 6.45) is 4.68. The van der Waals surface area contributed by atoms with Crippen LogP contribution in [-0.2, 0) is 15.4 Å². The molecule has 0 unspecified atom stereocenters. The van der Waals surface area contributed by atoms with Gasteiger partial charge >= 0.3 is 0 Å². The summed E-state index contributed by atoms with van der Waals surface area (Å²) in [5.74, 6) is 1.26. The maximum Gasteiger partial charge on any atom is 0.171 e. The van der Waals surface area contributed by atoms with Crippen molar-refractivity contribution in [1.29, 1.82) is 0 Å². The van der Waals surface area contributed by atoms with E-state index < -0.39 is 9.84 Å². The van der Waals surface area contributed by atoms with Crippen LogP contribution in [0.4, 0.5) is 0 Å². The Bertz CT molecular complexity index is 554. The first-order chi connectivity index (χ1) is 8.49. The topological polar surface area (TPSA) is 98.8 Å². The molecule has 0 bridgehead atoms. The third-order valence-corrected chi connectivity index (χ3v) is 5.50. The van der Waals surface area contributed by atoms with Crippen LogP contribution >= 0.6 is 0 Å². The van der Waals surface area contributed by atoms with E-state index in [0.29, 0.717) is 18.7 Å². The molecule has 3 rings (SSSR count). The van der Waals surface area contributed by atoms with Gasteiger partial charge < -0.3 is 5.73 Å². The number of hydrogen-bond acceptors (Lipinski definition) is 6. The van der Waals surface area contributed by atoms with E-state index in [2.05, 4.69) is 15.2 Å². The van der Waals surface area contributed by atoms with Crippen molar-refractivity contribution < 1.29 is 8.42 Å². The van der Waals surface area contributed by atoms with Gasteiger partial charge in [0.2, 0.25) is 0 Å². The lowest BCUT2D eigenvalue weighted by atomic mass is 9.99. The summed E-state index contributed by atoms with van der Waals surface area (Å²) in [5, 5.41) is 7.95. The second kappa shape index (κ2) is 3.96. The Hall–Kier alpha value is -1.08. The maximum atomic E-state index is 11.4. The molecular formula is C11H16N4O2S. The quantitative estimate of drug-likeness (QED) is 0.817. The van der Waals surface area contributed by atoms with Crippen LogP contribution in [0.3, 0.4) is 0 Å². The first-order valence-electron chi connectivity index (χ1n) is 6.18. The predicted octanol–water partition coefficient (Wildman–Crippen LogP) is 0.112. The highest BCUT2D eigenvalue weighted by molar-refractivity contribution is 7.91. The molecule has 6 nitrogen and oxygen atoms in total. The summed E-state index contributed by atoms with van der Waals surface area (Å²) >= 11 is 0. The summed E-state index contributed by atoms with van der Waals surface area (Å²) in [5.41, 5.74) is 6.50. The monoisotopic (exact) mass is 268 g/mol. The van der Waals surface area contributed by atoms with Crippen molar-refractivity contribution in [2.75, 3.05) is 11.5 Å². The fraction of sp³-hybridized carbons (Fsp3) is 0.727. The Morgan fingerprint density at radius 2 is 1.94 bits per heavy atom. The van der Waals surface area contributed by atoms with Crippen molar-refractivity contribution in [2.45, 2.75) is 37.1 Å². The van der Waals surface area contributed by atoms with Gasteiger partial charge in [-0.05, 0) is 25.7 Å². The zero-order valence-corrected chi connectivity index (χ0v) is 10.9. The fourth-order valence-corrected chi connectivity index (χ4v) is 3.76. The molecule has 1 aliphatic heterocycles. The van der Waals surface area contributed by atoms with Crippen LogP contribution in [0.2, 0.25) is 0 Å². The summed E-state index contributed by atoms with van der Waals surface area (Å²) in [6, 6.07) is 0. The third-order valence-electron chi connectivity index (χ3n) is 3.78. The van der Waals surface area contributed by atoms with E-state index >= 15 is 0 Å². The number of sulfone groups is 1. The average molecular weight is 268 g/mol. The number of nitrogens with two attached hydrogens (primary N) is 1. The van der Waals surface area contributed by atoms with E-state index in [1.54, 1.807) is 6.20 Å². The van der Waals surface area contributed by atoms with Gasteiger partial charge in [-0.25, -0.2) is 13.4 Å². The van der Waals surface area contributed by atoms with Crippen LogP contribution in [0.15, 0.2) is 6.20 Å². The molecule has 2 aliphatic rings. The summed E-state index contributed by atoms with van der Waals surface area (Å²) in [6.45, 7) is 0. The van der Waals surface area contributed by atoms with Gasteiger partial charge in [-0.15, -0.1) is 5.10 Å². The Morgan fingerprint density at radius 1 is 1.28 bits per heavy atom. The molecule has 0 radical (unpaired) electrons. The Morgan fingerprint density at radius 3 is 2.56 bits per heavy atom. The molecule has 2 fully saturated rings. The minimum Gasteiger partial charge on any atom is -0.319 e. The van der Waals surface area contributed by atoms with E-state index in [9.17, 15) is 8.42 Å². The maximum absolute atomic E-state index is 11.4. The van der Waals surface area contributed by atoms with Crippen LogP contribution in [0, 0.1) is 0 Å². The van der Waals surface area contributed by atoms with Crippen molar-refractivity contribution in [2.24, 2.45) is 5.73 Å². The zero-order chi connectivity index (χ0) is 12.8. The zero-order valence-electron chi connectivity index (χ0n) is 10.0. The lowest BCUT2D eigenvalue weighted by Gasteiger charge is -2.21. The molecule has 1 saturated carbocycles. The largest absolute Gasteiger partial charge is 0.319 e. The van der Waals surface area contributed by atoms with Crippen LogP contribution in [-0.4, -0.2) is 35.1 Å². The smallest absolute Gasteiger partial charge is 0.171 e. The number of rotatable bonds is 2.